The number of thioether (sulfide) groups is 1. The third kappa shape index (κ3) is 3.60. The van der Waals surface area contributed by atoms with E-state index in [1.54, 1.807) is 6.08 Å². The summed E-state index contributed by atoms with van der Waals surface area (Å²) in [6, 6.07) is 19.2. The Hall–Kier alpha value is -2.86. The van der Waals surface area contributed by atoms with Crippen LogP contribution in [0.3, 0.4) is 0 Å². The predicted molar refractivity (Wildman–Crippen MR) is 109 cm³/mol. The van der Waals surface area contributed by atoms with E-state index in [2.05, 4.69) is 5.32 Å². The van der Waals surface area contributed by atoms with E-state index in [0.29, 0.717) is 4.91 Å². The molecule has 1 aliphatic carbocycles. The van der Waals surface area contributed by atoms with Crippen molar-refractivity contribution in [2.24, 2.45) is 0 Å². The van der Waals surface area contributed by atoms with Gasteiger partial charge in [-0.05, 0) is 41.8 Å². The molecule has 3 amide bonds. The highest BCUT2D eigenvalue weighted by molar-refractivity contribution is 8.18. The van der Waals surface area contributed by atoms with Crippen molar-refractivity contribution in [1.29, 1.82) is 0 Å². The van der Waals surface area contributed by atoms with Gasteiger partial charge in [-0.3, -0.25) is 19.3 Å². The Morgan fingerprint density at radius 1 is 1.04 bits per heavy atom. The van der Waals surface area contributed by atoms with Crippen LogP contribution in [0.1, 0.15) is 24.0 Å². The quantitative estimate of drug-likeness (QED) is 0.763. The Kier molecular flexibility index (Phi) is 5.05. The minimum atomic E-state index is -0.451. The first-order valence-corrected chi connectivity index (χ1v) is 10.1. The highest BCUT2D eigenvalue weighted by atomic mass is 32.2. The minimum Gasteiger partial charge on any atom is -0.354 e. The lowest BCUT2D eigenvalue weighted by molar-refractivity contribution is -0.125. The van der Waals surface area contributed by atoms with E-state index >= 15 is 0 Å². The molecule has 0 radical (unpaired) electrons. The van der Waals surface area contributed by atoms with Gasteiger partial charge >= 0.3 is 0 Å². The lowest BCUT2D eigenvalue weighted by Crippen LogP contribution is -2.41. The van der Waals surface area contributed by atoms with Gasteiger partial charge in [0.2, 0.25) is 5.91 Å². The summed E-state index contributed by atoms with van der Waals surface area (Å²) >= 11 is 0.936. The van der Waals surface area contributed by atoms with Gasteiger partial charge in [0.15, 0.2) is 0 Å². The Labute approximate surface area is 167 Å². The summed E-state index contributed by atoms with van der Waals surface area (Å²) < 4.78 is 0. The number of carbonyl (C=O) groups is 3. The topological polar surface area (TPSA) is 66.5 Å². The van der Waals surface area contributed by atoms with Crippen LogP contribution in [0.4, 0.5) is 4.79 Å². The van der Waals surface area contributed by atoms with Gasteiger partial charge in [-0.1, -0.05) is 60.7 Å². The molecular formula is C22H20N2O3S. The number of rotatable bonds is 6. The molecule has 5 nitrogen and oxygen atoms in total. The molecule has 2 aromatic carbocycles. The third-order valence-electron chi connectivity index (χ3n) is 5.10. The standard InChI is InChI=1S/C22H20N2O3S/c25-19-18(15-16-7-3-1-4-8-16)28-21(27)24(19)14-13-23-20(26)22(11-12-22)17-9-5-2-6-10-17/h1-10,15H,11-14H2,(H,23,26)/b18-15+. The minimum absolute atomic E-state index is 0.0366. The molecule has 1 saturated heterocycles. The molecule has 2 fully saturated rings. The molecule has 28 heavy (non-hydrogen) atoms. The van der Waals surface area contributed by atoms with Gasteiger partial charge in [0.25, 0.3) is 11.1 Å². The summed E-state index contributed by atoms with van der Waals surface area (Å²) in [6.45, 7) is 0.428. The molecule has 1 aliphatic heterocycles. The van der Waals surface area contributed by atoms with Crippen molar-refractivity contribution in [3.05, 3.63) is 76.7 Å². The van der Waals surface area contributed by atoms with E-state index in [0.717, 1.165) is 35.7 Å². The molecule has 0 atom stereocenters. The fourth-order valence-corrected chi connectivity index (χ4v) is 4.24. The predicted octanol–water partition coefficient (Wildman–Crippen LogP) is 3.57. The molecule has 0 bridgehead atoms. The van der Waals surface area contributed by atoms with Crippen molar-refractivity contribution in [2.45, 2.75) is 18.3 Å². The molecule has 0 spiro atoms. The zero-order valence-electron chi connectivity index (χ0n) is 15.3. The van der Waals surface area contributed by atoms with E-state index in [4.69, 9.17) is 0 Å². The summed E-state index contributed by atoms with van der Waals surface area (Å²) in [7, 11) is 0. The Morgan fingerprint density at radius 3 is 2.32 bits per heavy atom. The van der Waals surface area contributed by atoms with Crippen molar-refractivity contribution in [3.63, 3.8) is 0 Å². The molecule has 6 heteroatoms. The van der Waals surface area contributed by atoms with E-state index in [1.807, 2.05) is 60.7 Å². The monoisotopic (exact) mass is 392 g/mol. The SMILES string of the molecule is O=C1S/C(=C/c2ccccc2)C(=O)N1CCNC(=O)C1(c2ccccc2)CC1. The highest BCUT2D eigenvalue weighted by Gasteiger charge is 2.51. The van der Waals surface area contributed by atoms with Crippen LogP contribution in [-0.2, 0) is 15.0 Å². The molecule has 4 rings (SSSR count). The Morgan fingerprint density at radius 2 is 1.68 bits per heavy atom. The molecule has 1 N–H and O–H groups in total. The number of carbonyl (C=O) groups excluding carboxylic acids is 3. The van der Waals surface area contributed by atoms with Crippen molar-refractivity contribution in [2.75, 3.05) is 13.1 Å². The fraction of sp³-hybridized carbons (Fsp3) is 0.227. The van der Waals surface area contributed by atoms with Crippen molar-refractivity contribution in [1.82, 2.24) is 10.2 Å². The molecular weight excluding hydrogens is 372 g/mol. The normalized spacial score (nSPS) is 19.1. The van der Waals surface area contributed by atoms with Crippen LogP contribution in [0.5, 0.6) is 0 Å². The van der Waals surface area contributed by atoms with Gasteiger partial charge in [-0.25, -0.2) is 0 Å². The second-order valence-corrected chi connectivity index (χ2v) is 7.94. The maximum absolute atomic E-state index is 12.7. The number of benzene rings is 2. The summed E-state index contributed by atoms with van der Waals surface area (Å²) in [6.07, 6.45) is 3.37. The fourth-order valence-electron chi connectivity index (χ4n) is 3.37. The first kappa shape index (κ1) is 18.5. The Bertz CT molecular complexity index is 937. The average Bonchev–Trinajstić information content (AvgIpc) is 3.49. The zero-order valence-corrected chi connectivity index (χ0v) is 16.1. The summed E-state index contributed by atoms with van der Waals surface area (Å²) in [5.41, 5.74) is 1.44. The van der Waals surface area contributed by atoms with Gasteiger partial charge in [-0.15, -0.1) is 0 Å². The number of nitrogens with one attached hydrogen (secondary N) is 1. The second-order valence-electron chi connectivity index (χ2n) is 6.95. The molecule has 1 saturated carbocycles. The van der Waals surface area contributed by atoms with Crippen molar-refractivity contribution >= 4 is 34.9 Å². The van der Waals surface area contributed by atoms with Crippen LogP contribution < -0.4 is 5.32 Å². The number of hydrogen-bond donors (Lipinski definition) is 1. The van der Waals surface area contributed by atoms with E-state index in [-0.39, 0.29) is 30.1 Å². The van der Waals surface area contributed by atoms with Crippen LogP contribution in [-0.4, -0.2) is 35.0 Å². The van der Waals surface area contributed by atoms with Crippen LogP contribution >= 0.6 is 11.8 Å². The van der Waals surface area contributed by atoms with Gasteiger partial charge in [0, 0.05) is 13.1 Å². The van der Waals surface area contributed by atoms with Crippen LogP contribution in [0, 0.1) is 0 Å². The van der Waals surface area contributed by atoms with Crippen LogP contribution in [0.25, 0.3) is 6.08 Å². The zero-order chi connectivity index (χ0) is 19.6. The van der Waals surface area contributed by atoms with Gasteiger partial charge in [0.05, 0.1) is 10.3 Å². The average molecular weight is 392 g/mol. The third-order valence-corrected chi connectivity index (χ3v) is 6.01. The first-order chi connectivity index (χ1) is 13.6. The maximum Gasteiger partial charge on any atom is 0.293 e. The largest absolute Gasteiger partial charge is 0.354 e. The number of amides is 3. The van der Waals surface area contributed by atoms with Crippen LogP contribution in [0.15, 0.2) is 65.6 Å². The maximum atomic E-state index is 12.7. The van der Waals surface area contributed by atoms with Gasteiger partial charge in [-0.2, -0.15) is 0 Å². The van der Waals surface area contributed by atoms with E-state index in [1.165, 1.54) is 4.90 Å². The number of imide groups is 1. The smallest absolute Gasteiger partial charge is 0.293 e. The van der Waals surface area contributed by atoms with Crippen LogP contribution in [0.2, 0.25) is 0 Å². The highest BCUT2D eigenvalue weighted by Crippen LogP contribution is 2.48. The molecule has 1 heterocycles. The first-order valence-electron chi connectivity index (χ1n) is 9.24. The molecule has 2 aliphatic rings. The molecule has 142 valence electrons. The summed E-state index contributed by atoms with van der Waals surface area (Å²) in [4.78, 5) is 39.0. The Balaban J connectivity index is 1.35. The number of hydrogen-bond acceptors (Lipinski definition) is 4. The summed E-state index contributed by atoms with van der Waals surface area (Å²) in [5, 5.41) is 2.60. The van der Waals surface area contributed by atoms with Gasteiger partial charge < -0.3 is 5.32 Å². The van der Waals surface area contributed by atoms with E-state index < -0.39 is 5.41 Å². The summed E-state index contributed by atoms with van der Waals surface area (Å²) in [5.74, 6) is -0.345. The lowest BCUT2D eigenvalue weighted by atomic mass is 9.95. The lowest BCUT2D eigenvalue weighted by Gasteiger charge is -2.17. The molecule has 0 aromatic heterocycles. The molecule has 0 unspecified atom stereocenters. The van der Waals surface area contributed by atoms with E-state index in [9.17, 15) is 14.4 Å². The number of nitrogens with zero attached hydrogens (tertiary/aromatic N) is 1. The van der Waals surface area contributed by atoms with Crippen molar-refractivity contribution < 1.29 is 14.4 Å². The van der Waals surface area contributed by atoms with Crippen molar-refractivity contribution in [3.8, 4) is 0 Å². The van der Waals surface area contributed by atoms with Gasteiger partial charge in [0.1, 0.15) is 0 Å². The second kappa shape index (κ2) is 7.64. The molecule has 2 aromatic rings.